The second-order valence-corrected chi connectivity index (χ2v) is 8.01. The molecule has 0 unspecified atom stereocenters. The van der Waals surface area contributed by atoms with E-state index in [0.29, 0.717) is 6.54 Å². The van der Waals surface area contributed by atoms with Crippen molar-refractivity contribution < 1.29 is 19.1 Å². The van der Waals surface area contributed by atoms with Gasteiger partial charge in [-0.2, -0.15) is 0 Å². The molecular weight excluding hydrogens is 395 g/mol. The van der Waals surface area contributed by atoms with E-state index < -0.39 is 5.82 Å². The van der Waals surface area contributed by atoms with Crippen LogP contribution in [-0.4, -0.2) is 58.5 Å². The van der Waals surface area contributed by atoms with Crippen LogP contribution >= 0.6 is 0 Å². The molecule has 0 aromatic heterocycles. The SMILES string of the molecule is CCCC#Cc1ccc([C@@H]2[C@H]3CN(C(=O)c4cccc(F)c4)CC(=O)N3[C@H]2CO)cc1. The lowest BCUT2D eigenvalue weighted by atomic mass is 9.73. The minimum atomic E-state index is -0.486. The first-order valence-electron chi connectivity index (χ1n) is 10.6. The van der Waals surface area contributed by atoms with Gasteiger partial charge in [0.05, 0.1) is 18.7 Å². The number of aliphatic hydroxyl groups excluding tert-OH is 1. The summed E-state index contributed by atoms with van der Waals surface area (Å²) in [7, 11) is 0. The van der Waals surface area contributed by atoms with Gasteiger partial charge in [0.25, 0.3) is 5.91 Å². The van der Waals surface area contributed by atoms with Crippen LogP contribution in [0.1, 0.15) is 47.2 Å². The zero-order chi connectivity index (χ0) is 22.0. The molecule has 2 saturated heterocycles. The molecule has 0 aliphatic carbocycles. The number of carbonyl (C=O) groups excluding carboxylic acids is 2. The summed E-state index contributed by atoms with van der Waals surface area (Å²) < 4.78 is 13.5. The highest BCUT2D eigenvalue weighted by Crippen LogP contribution is 2.43. The van der Waals surface area contributed by atoms with Crippen LogP contribution in [0.15, 0.2) is 48.5 Å². The topological polar surface area (TPSA) is 60.9 Å². The molecule has 5 nitrogen and oxygen atoms in total. The molecule has 6 heteroatoms. The largest absolute Gasteiger partial charge is 0.394 e. The summed E-state index contributed by atoms with van der Waals surface area (Å²) in [6, 6.07) is 12.9. The second-order valence-electron chi connectivity index (χ2n) is 8.01. The van der Waals surface area contributed by atoms with E-state index in [-0.39, 0.29) is 48.5 Å². The van der Waals surface area contributed by atoms with Gasteiger partial charge in [-0.3, -0.25) is 9.59 Å². The number of amides is 2. The summed E-state index contributed by atoms with van der Waals surface area (Å²) in [5.74, 6) is 5.14. The highest BCUT2D eigenvalue weighted by Gasteiger charge is 2.54. The first kappa shape index (κ1) is 21.1. The minimum Gasteiger partial charge on any atom is -0.394 e. The molecule has 0 radical (unpaired) electrons. The third kappa shape index (κ3) is 4.06. The van der Waals surface area contributed by atoms with Crippen LogP contribution in [0, 0.1) is 17.7 Å². The standard InChI is InChI=1S/C25H25FN2O3/c1-2-3-4-6-17-9-11-18(12-10-17)24-21-14-27(15-23(30)28(21)22(24)16-29)25(31)19-7-5-8-20(26)13-19/h5,7-13,21-22,24,29H,2-3,14-16H2,1H3/t21-,22+,24-/m1/s1. The highest BCUT2D eigenvalue weighted by molar-refractivity contribution is 5.97. The van der Waals surface area contributed by atoms with Crippen LogP contribution in [0.3, 0.4) is 0 Å². The fraction of sp³-hybridized carbons (Fsp3) is 0.360. The maximum atomic E-state index is 13.5. The number of nitrogens with zero attached hydrogens (tertiary/aromatic N) is 2. The summed E-state index contributed by atoms with van der Waals surface area (Å²) in [5.41, 5.74) is 2.16. The molecule has 160 valence electrons. The highest BCUT2D eigenvalue weighted by atomic mass is 19.1. The molecular formula is C25H25FN2O3. The summed E-state index contributed by atoms with van der Waals surface area (Å²) in [5, 5.41) is 9.92. The average Bonchev–Trinajstić information content (AvgIpc) is 2.76. The van der Waals surface area contributed by atoms with Crippen molar-refractivity contribution in [2.45, 2.75) is 37.8 Å². The van der Waals surface area contributed by atoms with Gasteiger partial charge in [0.2, 0.25) is 5.91 Å². The normalized spacial score (nSPS) is 22.3. The number of halogens is 1. The Morgan fingerprint density at radius 1 is 1.23 bits per heavy atom. The first-order chi connectivity index (χ1) is 15.0. The van der Waals surface area contributed by atoms with E-state index in [1.807, 2.05) is 24.3 Å². The number of rotatable bonds is 4. The Morgan fingerprint density at radius 2 is 2.00 bits per heavy atom. The number of carbonyl (C=O) groups is 2. The van der Waals surface area contributed by atoms with Gasteiger partial charge in [-0.25, -0.2) is 4.39 Å². The lowest BCUT2D eigenvalue weighted by Crippen LogP contribution is -2.73. The van der Waals surface area contributed by atoms with E-state index in [9.17, 15) is 19.1 Å². The Balaban J connectivity index is 1.54. The van der Waals surface area contributed by atoms with E-state index in [4.69, 9.17) is 0 Å². The number of fused-ring (bicyclic) bond motifs is 1. The Labute approximate surface area is 181 Å². The number of aliphatic hydroxyl groups is 1. The molecule has 2 aliphatic rings. The van der Waals surface area contributed by atoms with Crippen molar-refractivity contribution in [3.8, 4) is 11.8 Å². The van der Waals surface area contributed by atoms with Crippen LogP contribution < -0.4 is 0 Å². The van der Waals surface area contributed by atoms with Gasteiger partial charge in [-0.05, 0) is 42.3 Å². The van der Waals surface area contributed by atoms with Gasteiger partial charge in [0.1, 0.15) is 12.4 Å². The third-order valence-corrected chi connectivity index (χ3v) is 6.01. The van der Waals surface area contributed by atoms with Crippen molar-refractivity contribution in [1.29, 1.82) is 0 Å². The molecule has 2 amide bonds. The monoisotopic (exact) mass is 420 g/mol. The van der Waals surface area contributed by atoms with E-state index in [0.717, 1.165) is 24.0 Å². The molecule has 31 heavy (non-hydrogen) atoms. The predicted octanol–water partition coefficient (Wildman–Crippen LogP) is 2.79. The van der Waals surface area contributed by atoms with Crippen LogP contribution in [0.4, 0.5) is 4.39 Å². The fourth-order valence-corrected chi connectivity index (χ4v) is 4.54. The van der Waals surface area contributed by atoms with Gasteiger partial charge in [0, 0.05) is 30.0 Å². The quantitative estimate of drug-likeness (QED) is 0.774. The van der Waals surface area contributed by atoms with E-state index in [2.05, 4.69) is 18.8 Å². The number of unbranched alkanes of at least 4 members (excludes halogenated alkanes) is 1. The lowest BCUT2D eigenvalue weighted by Gasteiger charge is -2.58. The molecule has 1 N–H and O–H groups in total. The molecule has 4 rings (SSSR count). The van der Waals surface area contributed by atoms with Gasteiger partial charge >= 0.3 is 0 Å². The number of benzene rings is 2. The summed E-state index contributed by atoms with van der Waals surface area (Å²) >= 11 is 0. The van der Waals surface area contributed by atoms with Crippen LogP contribution in [0.2, 0.25) is 0 Å². The number of hydrogen-bond donors (Lipinski definition) is 1. The average molecular weight is 420 g/mol. The maximum absolute atomic E-state index is 13.5. The molecule has 2 aliphatic heterocycles. The van der Waals surface area contributed by atoms with Crippen molar-refractivity contribution in [2.24, 2.45) is 0 Å². The van der Waals surface area contributed by atoms with Gasteiger partial charge < -0.3 is 14.9 Å². The van der Waals surface area contributed by atoms with Gasteiger partial charge in [-0.15, -0.1) is 0 Å². The van der Waals surface area contributed by atoms with E-state index in [1.165, 1.54) is 23.1 Å². The van der Waals surface area contributed by atoms with Crippen molar-refractivity contribution in [3.63, 3.8) is 0 Å². The van der Waals surface area contributed by atoms with Crippen LogP contribution in [-0.2, 0) is 4.79 Å². The van der Waals surface area contributed by atoms with Gasteiger partial charge in [0.15, 0.2) is 0 Å². The Hall–Kier alpha value is -3.17. The number of piperazine rings is 1. The zero-order valence-corrected chi connectivity index (χ0v) is 17.4. The van der Waals surface area contributed by atoms with Crippen molar-refractivity contribution in [3.05, 3.63) is 71.0 Å². The molecule has 0 saturated carbocycles. The zero-order valence-electron chi connectivity index (χ0n) is 17.4. The Bertz CT molecular complexity index is 1040. The number of hydrogen-bond acceptors (Lipinski definition) is 3. The Kier molecular flexibility index (Phi) is 6.06. The fourth-order valence-electron chi connectivity index (χ4n) is 4.54. The van der Waals surface area contributed by atoms with Crippen molar-refractivity contribution in [2.75, 3.05) is 19.7 Å². The van der Waals surface area contributed by atoms with E-state index in [1.54, 1.807) is 11.0 Å². The molecule has 0 bridgehead atoms. The molecule has 2 heterocycles. The first-order valence-corrected chi connectivity index (χ1v) is 10.6. The predicted molar refractivity (Wildman–Crippen MR) is 115 cm³/mol. The summed E-state index contributed by atoms with van der Waals surface area (Å²) in [6.07, 6.45) is 1.87. The minimum absolute atomic E-state index is 0.0684. The van der Waals surface area contributed by atoms with Crippen molar-refractivity contribution >= 4 is 11.8 Å². The molecule has 2 fully saturated rings. The lowest BCUT2D eigenvalue weighted by molar-refractivity contribution is -0.159. The molecule has 0 spiro atoms. The maximum Gasteiger partial charge on any atom is 0.254 e. The molecule has 2 aromatic rings. The summed E-state index contributed by atoms with van der Waals surface area (Å²) in [6.45, 7) is 2.23. The molecule has 2 aromatic carbocycles. The second kappa shape index (κ2) is 8.91. The molecule has 3 atom stereocenters. The van der Waals surface area contributed by atoms with E-state index >= 15 is 0 Å². The smallest absolute Gasteiger partial charge is 0.254 e. The Morgan fingerprint density at radius 3 is 2.68 bits per heavy atom. The van der Waals surface area contributed by atoms with Gasteiger partial charge in [-0.1, -0.05) is 37.0 Å². The van der Waals surface area contributed by atoms with Crippen LogP contribution in [0.25, 0.3) is 0 Å². The van der Waals surface area contributed by atoms with Crippen LogP contribution in [0.5, 0.6) is 0 Å². The van der Waals surface area contributed by atoms with Crippen molar-refractivity contribution in [1.82, 2.24) is 9.80 Å². The summed E-state index contributed by atoms with van der Waals surface area (Å²) in [4.78, 5) is 28.8. The third-order valence-electron chi connectivity index (χ3n) is 6.01.